The van der Waals surface area contributed by atoms with Crippen LogP contribution < -0.4 is 4.74 Å². The van der Waals surface area contributed by atoms with E-state index in [2.05, 4.69) is 14.9 Å². The third-order valence-electron chi connectivity index (χ3n) is 5.07. The Labute approximate surface area is 141 Å². The quantitative estimate of drug-likeness (QED) is 0.840. The Kier molecular flexibility index (Phi) is 4.24. The van der Waals surface area contributed by atoms with E-state index in [0.717, 1.165) is 50.5 Å². The Morgan fingerprint density at radius 2 is 2.38 bits per heavy atom. The topological polar surface area (TPSA) is 60.6 Å². The molecular weight excluding hydrogens is 306 g/mol. The molecule has 0 aliphatic carbocycles. The van der Waals surface area contributed by atoms with E-state index in [4.69, 9.17) is 13.9 Å². The van der Waals surface area contributed by atoms with Crippen molar-refractivity contribution >= 4 is 0 Å². The molecule has 2 aliphatic heterocycles. The van der Waals surface area contributed by atoms with E-state index in [1.54, 1.807) is 12.5 Å². The van der Waals surface area contributed by atoms with Crippen molar-refractivity contribution in [1.29, 1.82) is 0 Å². The molecule has 0 saturated carbocycles. The van der Waals surface area contributed by atoms with E-state index in [-0.39, 0.29) is 11.5 Å². The largest absolute Gasteiger partial charge is 0.468 e. The van der Waals surface area contributed by atoms with Crippen molar-refractivity contribution in [3.05, 3.63) is 42.1 Å². The first kappa shape index (κ1) is 15.6. The van der Waals surface area contributed by atoms with Gasteiger partial charge >= 0.3 is 6.01 Å². The van der Waals surface area contributed by atoms with Crippen LogP contribution in [0.4, 0.5) is 0 Å². The molecule has 4 rings (SSSR count). The number of hydrogen-bond donors (Lipinski definition) is 0. The number of aryl methyl sites for hydroxylation is 1. The maximum atomic E-state index is 5.99. The Morgan fingerprint density at radius 1 is 1.42 bits per heavy atom. The van der Waals surface area contributed by atoms with Crippen LogP contribution in [0.25, 0.3) is 0 Å². The van der Waals surface area contributed by atoms with Gasteiger partial charge in [-0.3, -0.25) is 4.90 Å². The summed E-state index contributed by atoms with van der Waals surface area (Å²) in [6.45, 7) is 6.15. The van der Waals surface area contributed by atoms with Crippen LogP contribution in [-0.2, 0) is 11.3 Å². The van der Waals surface area contributed by atoms with Crippen molar-refractivity contribution in [2.75, 3.05) is 26.3 Å². The van der Waals surface area contributed by atoms with Crippen LogP contribution >= 0.6 is 0 Å². The summed E-state index contributed by atoms with van der Waals surface area (Å²) in [5.74, 6) is 1.01. The van der Waals surface area contributed by atoms with E-state index in [0.29, 0.717) is 12.6 Å². The van der Waals surface area contributed by atoms with Gasteiger partial charge in [-0.2, -0.15) is 0 Å². The van der Waals surface area contributed by atoms with Crippen molar-refractivity contribution in [3.8, 4) is 6.01 Å². The average Bonchev–Trinajstić information content (AvgIpc) is 3.22. The fraction of sp³-hybridized carbons (Fsp3) is 0.556. The Bertz CT molecular complexity index is 676. The molecule has 6 heteroatoms. The van der Waals surface area contributed by atoms with Gasteiger partial charge in [-0.25, -0.2) is 9.97 Å². The van der Waals surface area contributed by atoms with Crippen LogP contribution in [0.5, 0.6) is 6.01 Å². The number of nitrogens with zero attached hydrogens (tertiary/aromatic N) is 3. The highest BCUT2D eigenvalue weighted by Crippen LogP contribution is 2.41. The molecule has 0 N–H and O–H groups in total. The molecule has 2 aromatic heterocycles. The highest BCUT2D eigenvalue weighted by molar-refractivity contribution is 5.06. The lowest BCUT2D eigenvalue weighted by Crippen LogP contribution is -2.52. The summed E-state index contributed by atoms with van der Waals surface area (Å²) in [6.07, 6.45) is 5.77. The predicted octanol–water partition coefficient (Wildman–Crippen LogP) is 2.44. The van der Waals surface area contributed by atoms with Crippen LogP contribution in [0.3, 0.4) is 0 Å². The van der Waals surface area contributed by atoms with Crippen molar-refractivity contribution in [3.63, 3.8) is 0 Å². The van der Waals surface area contributed by atoms with Gasteiger partial charge in [0.25, 0.3) is 0 Å². The number of rotatable bonds is 5. The molecule has 2 fully saturated rings. The summed E-state index contributed by atoms with van der Waals surface area (Å²) in [6, 6.07) is 6.30. The fourth-order valence-electron chi connectivity index (χ4n) is 3.81. The summed E-state index contributed by atoms with van der Waals surface area (Å²) in [7, 11) is 0. The SMILES string of the molecule is Cc1ccnc(OC[C@]23CCO[C@H]2CCN(Cc2ccco2)C3)n1. The zero-order chi connectivity index (χ0) is 16.4. The zero-order valence-electron chi connectivity index (χ0n) is 14.0. The lowest BCUT2D eigenvalue weighted by Gasteiger charge is -2.42. The second-order valence-corrected chi connectivity index (χ2v) is 6.82. The van der Waals surface area contributed by atoms with E-state index in [1.165, 1.54) is 0 Å². The number of furan rings is 1. The summed E-state index contributed by atoms with van der Waals surface area (Å²) in [5, 5.41) is 0. The highest BCUT2D eigenvalue weighted by atomic mass is 16.5. The number of piperidine rings is 1. The third kappa shape index (κ3) is 3.16. The summed E-state index contributed by atoms with van der Waals surface area (Å²) < 4.78 is 17.4. The third-order valence-corrected chi connectivity index (χ3v) is 5.07. The van der Waals surface area contributed by atoms with Crippen molar-refractivity contribution < 1.29 is 13.9 Å². The second-order valence-electron chi connectivity index (χ2n) is 6.82. The Hall–Kier alpha value is -1.92. The van der Waals surface area contributed by atoms with Crippen LogP contribution in [0.2, 0.25) is 0 Å². The maximum Gasteiger partial charge on any atom is 0.316 e. The molecule has 2 saturated heterocycles. The van der Waals surface area contributed by atoms with Gasteiger partial charge < -0.3 is 13.9 Å². The van der Waals surface area contributed by atoms with Crippen molar-refractivity contribution in [2.24, 2.45) is 5.41 Å². The highest BCUT2D eigenvalue weighted by Gasteiger charge is 2.48. The second kappa shape index (κ2) is 6.53. The monoisotopic (exact) mass is 329 g/mol. The molecule has 0 bridgehead atoms. The number of ether oxygens (including phenoxy) is 2. The van der Waals surface area contributed by atoms with Gasteiger partial charge in [-0.15, -0.1) is 0 Å². The van der Waals surface area contributed by atoms with Gasteiger partial charge in [0, 0.05) is 37.0 Å². The number of likely N-dealkylation sites (tertiary alicyclic amines) is 1. The molecule has 128 valence electrons. The lowest BCUT2D eigenvalue weighted by molar-refractivity contribution is -0.0440. The maximum absolute atomic E-state index is 5.99. The first-order valence-electron chi connectivity index (χ1n) is 8.52. The van der Waals surface area contributed by atoms with Crippen molar-refractivity contribution in [1.82, 2.24) is 14.9 Å². The first-order chi connectivity index (χ1) is 11.7. The molecule has 0 unspecified atom stereocenters. The summed E-state index contributed by atoms with van der Waals surface area (Å²) in [4.78, 5) is 11.0. The standard InChI is InChI=1S/C18H23N3O3/c1-14-4-7-19-17(20-14)24-13-18-6-10-23-16(18)5-8-21(12-18)11-15-3-2-9-22-15/h2-4,7,9,16H,5-6,8,10-13H2,1H3/t16-,18+/m0/s1. The molecule has 4 heterocycles. The smallest absolute Gasteiger partial charge is 0.316 e. The number of fused-ring (bicyclic) bond motifs is 1. The molecule has 6 nitrogen and oxygen atoms in total. The summed E-state index contributed by atoms with van der Waals surface area (Å²) >= 11 is 0. The molecule has 0 radical (unpaired) electrons. The minimum atomic E-state index is 0.0119. The normalized spacial score (nSPS) is 27.1. The molecule has 0 aromatic carbocycles. The minimum absolute atomic E-state index is 0.0119. The van der Waals surface area contributed by atoms with Crippen LogP contribution in [0, 0.1) is 12.3 Å². The Balaban J connectivity index is 1.45. The lowest BCUT2D eigenvalue weighted by atomic mass is 9.77. The van der Waals surface area contributed by atoms with Gasteiger partial charge in [0.1, 0.15) is 12.4 Å². The van der Waals surface area contributed by atoms with Gasteiger partial charge in [-0.05, 0) is 38.0 Å². The molecule has 24 heavy (non-hydrogen) atoms. The van der Waals surface area contributed by atoms with Gasteiger partial charge in [-0.1, -0.05) is 0 Å². The Morgan fingerprint density at radius 3 is 3.21 bits per heavy atom. The first-order valence-corrected chi connectivity index (χ1v) is 8.52. The van der Waals surface area contributed by atoms with Gasteiger partial charge in [0.15, 0.2) is 0 Å². The predicted molar refractivity (Wildman–Crippen MR) is 87.7 cm³/mol. The number of hydrogen-bond acceptors (Lipinski definition) is 6. The zero-order valence-corrected chi connectivity index (χ0v) is 14.0. The van der Waals surface area contributed by atoms with Crippen molar-refractivity contribution in [2.45, 2.75) is 32.4 Å². The molecule has 2 aliphatic rings. The van der Waals surface area contributed by atoms with Gasteiger partial charge in [0.05, 0.1) is 18.9 Å². The molecule has 2 aromatic rings. The summed E-state index contributed by atoms with van der Waals surface area (Å²) in [5.41, 5.74) is 0.928. The molecule has 2 atom stereocenters. The van der Waals surface area contributed by atoms with E-state index < -0.39 is 0 Å². The van der Waals surface area contributed by atoms with Crippen LogP contribution in [0.15, 0.2) is 35.1 Å². The van der Waals surface area contributed by atoms with Crippen LogP contribution in [0.1, 0.15) is 24.3 Å². The van der Waals surface area contributed by atoms with Gasteiger partial charge in [0.2, 0.25) is 0 Å². The fourth-order valence-corrected chi connectivity index (χ4v) is 3.81. The molecule has 0 spiro atoms. The average molecular weight is 329 g/mol. The van der Waals surface area contributed by atoms with E-state index in [1.807, 2.05) is 25.1 Å². The molecule has 0 amide bonds. The minimum Gasteiger partial charge on any atom is -0.468 e. The number of aromatic nitrogens is 2. The van der Waals surface area contributed by atoms with E-state index in [9.17, 15) is 0 Å². The molecular formula is C18H23N3O3. The van der Waals surface area contributed by atoms with Crippen LogP contribution in [-0.4, -0.2) is 47.3 Å². The van der Waals surface area contributed by atoms with E-state index >= 15 is 0 Å².